The van der Waals surface area contributed by atoms with Crippen LogP contribution in [-0.4, -0.2) is 89.1 Å². The Morgan fingerprint density at radius 1 is 0.950 bits per heavy atom. The van der Waals surface area contributed by atoms with Crippen LogP contribution in [0.4, 0.5) is 20.5 Å². The van der Waals surface area contributed by atoms with Gasteiger partial charge in [0.2, 0.25) is 5.95 Å². The number of morpholine rings is 1. The molecule has 2 aromatic heterocycles. The van der Waals surface area contributed by atoms with Gasteiger partial charge in [-0.2, -0.15) is 9.97 Å². The summed E-state index contributed by atoms with van der Waals surface area (Å²) < 4.78 is 41.4. The van der Waals surface area contributed by atoms with Crippen molar-refractivity contribution in [1.29, 1.82) is 0 Å². The molecule has 0 amide bonds. The number of nitrogens with one attached hydrogen (secondary N) is 1. The molecule has 216 valence electrons. The number of halogens is 2. The van der Waals surface area contributed by atoms with Crippen molar-refractivity contribution in [3.63, 3.8) is 0 Å². The second kappa shape index (κ2) is 12.7. The van der Waals surface area contributed by atoms with Crippen molar-refractivity contribution in [2.24, 2.45) is 0 Å². The molecule has 1 saturated carbocycles. The highest BCUT2D eigenvalue weighted by molar-refractivity contribution is 5.78. The lowest BCUT2D eigenvalue weighted by atomic mass is 9.93. The molecular weight excluding hydrogens is 516 g/mol. The summed E-state index contributed by atoms with van der Waals surface area (Å²) in [6.45, 7) is 6.97. The van der Waals surface area contributed by atoms with Gasteiger partial charge in [-0.25, -0.2) is 13.8 Å². The maximum Gasteiger partial charge on any atom is 0.296 e. The Balaban J connectivity index is 1.16. The van der Waals surface area contributed by atoms with Crippen LogP contribution in [0.2, 0.25) is 0 Å². The minimum atomic E-state index is -2.74. The fourth-order valence-corrected chi connectivity index (χ4v) is 6.09. The summed E-state index contributed by atoms with van der Waals surface area (Å²) >= 11 is 0. The molecule has 6 rings (SSSR count). The van der Waals surface area contributed by atoms with E-state index >= 15 is 0 Å². The Hall–Kier alpha value is -2.89. The Morgan fingerprint density at radius 2 is 1.70 bits per heavy atom. The van der Waals surface area contributed by atoms with E-state index in [9.17, 15) is 8.78 Å². The molecule has 9 nitrogen and oxygen atoms in total. The van der Waals surface area contributed by atoms with Crippen molar-refractivity contribution in [2.75, 3.05) is 62.8 Å². The summed E-state index contributed by atoms with van der Waals surface area (Å²) in [6.07, 6.45) is 5.16. The third-order valence-electron chi connectivity index (χ3n) is 8.22. The molecular formula is C29H39F2N7O2. The number of aromatic nitrogens is 4. The zero-order valence-electron chi connectivity index (χ0n) is 23.0. The normalized spacial score (nSPS) is 22.4. The number of hydrogen-bond donors (Lipinski definition) is 1. The van der Waals surface area contributed by atoms with Gasteiger partial charge >= 0.3 is 0 Å². The lowest BCUT2D eigenvalue weighted by Gasteiger charge is -2.31. The van der Waals surface area contributed by atoms with Crippen LogP contribution in [0.25, 0.3) is 16.9 Å². The molecule has 0 spiro atoms. The smallest absolute Gasteiger partial charge is 0.296 e. The molecule has 0 unspecified atom stereocenters. The number of benzene rings is 1. The quantitative estimate of drug-likeness (QED) is 0.357. The van der Waals surface area contributed by atoms with Gasteiger partial charge in [0.05, 0.1) is 30.4 Å². The van der Waals surface area contributed by atoms with Crippen molar-refractivity contribution >= 4 is 22.8 Å². The predicted molar refractivity (Wildman–Crippen MR) is 151 cm³/mol. The third kappa shape index (κ3) is 6.37. The fourth-order valence-electron chi connectivity index (χ4n) is 6.09. The van der Waals surface area contributed by atoms with E-state index in [2.05, 4.69) is 20.1 Å². The molecule has 40 heavy (non-hydrogen) atoms. The molecule has 0 radical (unpaired) electrons. The van der Waals surface area contributed by atoms with Crippen molar-refractivity contribution in [3.05, 3.63) is 36.2 Å². The number of rotatable bonds is 10. The van der Waals surface area contributed by atoms with Crippen molar-refractivity contribution in [3.8, 4) is 5.82 Å². The summed E-state index contributed by atoms with van der Waals surface area (Å²) in [5, 5.41) is 3.52. The zero-order valence-corrected chi connectivity index (χ0v) is 23.0. The minimum Gasteiger partial charge on any atom is -0.378 e. The SMILES string of the molecule is FC(F)c1nc2ccccc2n1-c1cc(N2CCOCC2)nc(NC2CCC(OCCCN3CCCC3)CC2)n1. The number of para-hydroxylation sites is 2. The number of imidazole rings is 1. The molecule has 0 atom stereocenters. The Morgan fingerprint density at radius 3 is 2.48 bits per heavy atom. The van der Waals surface area contributed by atoms with Gasteiger partial charge in [0.25, 0.3) is 6.43 Å². The molecule has 1 aliphatic carbocycles. The molecule has 3 aromatic rings. The number of alkyl halides is 2. The van der Waals surface area contributed by atoms with Crippen LogP contribution < -0.4 is 10.2 Å². The molecule has 3 fully saturated rings. The molecule has 1 N–H and O–H groups in total. The van der Waals surface area contributed by atoms with Crippen LogP contribution in [0.15, 0.2) is 30.3 Å². The number of ether oxygens (including phenoxy) is 2. The summed E-state index contributed by atoms with van der Waals surface area (Å²) in [6, 6.07) is 9.15. The van der Waals surface area contributed by atoms with Crippen LogP contribution >= 0.6 is 0 Å². The Bertz CT molecular complexity index is 1250. The van der Waals surface area contributed by atoms with Gasteiger partial charge in [-0.1, -0.05) is 12.1 Å². The molecule has 2 saturated heterocycles. The third-order valence-corrected chi connectivity index (χ3v) is 8.22. The molecule has 3 aliphatic rings. The van der Waals surface area contributed by atoms with E-state index < -0.39 is 6.43 Å². The number of hydrogen-bond acceptors (Lipinski definition) is 8. The van der Waals surface area contributed by atoms with E-state index in [1.54, 1.807) is 24.3 Å². The number of nitrogens with zero attached hydrogens (tertiary/aromatic N) is 6. The maximum absolute atomic E-state index is 14.1. The molecule has 11 heteroatoms. The monoisotopic (exact) mass is 555 g/mol. The first-order valence-corrected chi connectivity index (χ1v) is 14.7. The first kappa shape index (κ1) is 27.3. The predicted octanol–water partition coefficient (Wildman–Crippen LogP) is 4.82. The minimum absolute atomic E-state index is 0.200. The van der Waals surface area contributed by atoms with Gasteiger partial charge < -0.3 is 24.6 Å². The number of anilines is 2. The molecule has 2 aliphatic heterocycles. The van der Waals surface area contributed by atoms with Gasteiger partial charge in [0.15, 0.2) is 5.82 Å². The van der Waals surface area contributed by atoms with Gasteiger partial charge in [-0.05, 0) is 70.2 Å². The molecule has 0 bridgehead atoms. The second-order valence-electron chi connectivity index (χ2n) is 11.0. The zero-order chi connectivity index (χ0) is 27.3. The Labute approximate surface area is 233 Å². The van der Waals surface area contributed by atoms with Gasteiger partial charge in [0.1, 0.15) is 11.6 Å². The van der Waals surface area contributed by atoms with E-state index in [1.807, 2.05) is 6.07 Å². The van der Waals surface area contributed by atoms with Crippen LogP contribution in [0.5, 0.6) is 0 Å². The van der Waals surface area contributed by atoms with Crippen molar-refractivity contribution in [1.82, 2.24) is 24.4 Å². The van der Waals surface area contributed by atoms with Crippen LogP contribution in [-0.2, 0) is 9.47 Å². The van der Waals surface area contributed by atoms with Gasteiger partial charge in [-0.15, -0.1) is 0 Å². The van der Waals surface area contributed by atoms with E-state index in [4.69, 9.17) is 19.4 Å². The summed E-state index contributed by atoms with van der Waals surface area (Å²) in [7, 11) is 0. The maximum atomic E-state index is 14.1. The van der Waals surface area contributed by atoms with E-state index in [0.717, 1.165) is 45.3 Å². The molecule has 1 aromatic carbocycles. The van der Waals surface area contributed by atoms with Gasteiger partial charge in [-0.3, -0.25) is 4.57 Å². The lowest BCUT2D eigenvalue weighted by molar-refractivity contribution is 0.0223. The highest BCUT2D eigenvalue weighted by Gasteiger charge is 2.26. The van der Waals surface area contributed by atoms with Crippen molar-refractivity contribution in [2.45, 2.75) is 63.5 Å². The van der Waals surface area contributed by atoms with Crippen LogP contribution in [0.1, 0.15) is 57.2 Å². The van der Waals surface area contributed by atoms with E-state index in [0.29, 0.717) is 61.0 Å². The van der Waals surface area contributed by atoms with Gasteiger partial charge in [0, 0.05) is 38.3 Å². The topological polar surface area (TPSA) is 80.6 Å². The highest BCUT2D eigenvalue weighted by atomic mass is 19.3. The number of likely N-dealkylation sites (tertiary alicyclic amines) is 1. The summed E-state index contributed by atoms with van der Waals surface area (Å²) in [5.74, 6) is 1.22. The first-order valence-electron chi connectivity index (χ1n) is 14.7. The lowest BCUT2D eigenvalue weighted by Crippen LogP contribution is -2.37. The summed E-state index contributed by atoms with van der Waals surface area (Å²) in [4.78, 5) is 18.4. The second-order valence-corrected chi connectivity index (χ2v) is 11.0. The van der Waals surface area contributed by atoms with E-state index in [-0.39, 0.29) is 11.9 Å². The largest absolute Gasteiger partial charge is 0.378 e. The average Bonchev–Trinajstić information content (AvgIpc) is 3.65. The first-order chi connectivity index (χ1) is 19.6. The van der Waals surface area contributed by atoms with E-state index in [1.165, 1.54) is 30.5 Å². The number of fused-ring (bicyclic) bond motifs is 1. The Kier molecular flexibility index (Phi) is 8.69. The van der Waals surface area contributed by atoms with Crippen molar-refractivity contribution < 1.29 is 18.3 Å². The van der Waals surface area contributed by atoms with Crippen LogP contribution in [0, 0.1) is 0 Å². The highest BCUT2D eigenvalue weighted by Crippen LogP contribution is 2.30. The standard InChI is InChI=1S/C29H39F2N7O2/c30-27(31)28-33-23-6-1-2-7-24(23)38(28)26-20-25(37-15-18-39-19-16-37)34-29(35-26)32-21-8-10-22(11-9-21)40-17-5-14-36-12-3-4-13-36/h1-2,6-7,20-22,27H,3-5,8-19H2,(H,32,34,35). The molecule has 4 heterocycles. The van der Waals surface area contributed by atoms with Crippen LogP contribution in [0.3, 0.4) is 0 Å². The average molecular weight is 556 g/mol. The fraction of sp³-hybridized carbons (Fsp3) is 0.621. The summed E-state index contributed by atoms with van der Waals surface area (Å²) in [5.41, 5.74) is 1.11.